The Kier molecular flexibility index (Phi) is 18.3. The second kappa shape index (κ2) is 19.2. The minimum atomic E-state index is 0.0726. The molecule has 0 radical (unpaired) electrons. The van der Waals surface area contributed by atoms with Gasteiger partial charge in [0.25, 0.3) is 0 Å². The predicted octanol–water partition coefficient (Wildman–Crippen LogP) is 4.70. The van der Waals surface area contributed by atoms with Crippen LogP contribution in [0.1, 0.15) is 96.8 Å². The topological polar surface area (TPSA) is 66.4 Å². The number of hydrogen-bond acceptors (Lipinski definition) is 3. The van der Waals surface area contributed by atoms with Crippen LogP contribution in [-0.4, -0.2) is 29.9 Å². The maximum absolute atomic E-state index is 11.7. The molecule has 0 saturated heterocycles. The van der Waals surface area contributed by atoms with Gasteiger partial charge in [0.2, 0.25) is 5.91 Å². The zero-order valence-corrected chi connectivity index (χ0v) is 16.2. The number of allylic oxidation sites excluding steroid dienone is 2. The molecule has 0 spiro atoms. The summed E-state index contributed by atoms with van der Waals surface area (Å²) in [6.07, 6.45) is 18.0. The zero-order valence-electron chi connectivity index (χ0n) is 16.2. The van der Waals surface area contributed by atoms with Crippen molar-refractivity contribution in [1.29, 1.82) is 0 Å². The van der Waals surface area contributed by atoms with Crippen LogP contribution in [-0.2, 0) is 9.59 Å². The Balaban J connectivity index is 3.35. The van der Waals surface area contributed by atoms with Gasteiger partial charge in [-0.1, -0.05) is 57.9 Å². The van der Waals surface area contributed by atoms with Gasteiger partial charge in [0.15, 0.2) is 5.78 Å². The van der Waals surface area contributed by atoms with Crippen LogP contribution in [0.4, 0.5) is 0 Å². The van der Waals surface area contributed by atoms with Crippen molar-refractivity contribution in [3.05, 3.63) is 12.2 Å². The van der Waals surface area contributed by atoms with Crippen LogP contribution in [0.2, 0.25) is 0 Å². The Labute approximate surface area is 154 Å². The van der Waals surface area contributed by atoms with Crippen LogP contribution < -0.4 is 5.32 Å². The van der Waals surface area contributed by atoms with Crippen molar-refractivity contribution in [3.63, 3.8) is 0 Å². The monoisotopic (exact) mass is 353 g/mol. The van der Waals surface area contributed by atoms with Gasteiger partial charge in [-0.15, -0.1) is 0 Å². The average molecular weight is 354 g/mol. The van der Waals surface area contributed by atoms with Gasteiger partial charge in [0.05, 0.1) is 0 Å². The third-order valence-corrected chi connectivity index (χ3v) is 4.26. The van der Waals surface area contributed by atoms with Gasteiger partial charge in [-0.3, -0.25) is 9.59 Å². The Morgan fingerprint density at radius 2 is 1.48 bits per heavy atom. The van der Waals surface area contributed by atoms with Crippen LogP contribution in [0, 0.1) is 0 Å². The summed E-state index contributed by atoms with van der Waals surface area (Å²) < 4.78 is 0. The lowest BCUT2D eigenvalue weighted by Crippen LogP contribution is -2.24. The van der Waals surface area contributed by atoms with Gasteiger partial charge in [0.1, 0.15) is 0 Å². The van der Waals surface area contributed by atoms with Crippen LogP contribution >= 0.6 is 0 Å². The molecule has 2 N–H and O–H groups in total. The summed E-state index contributed by atoms with van der Waals surface area (Å²) in [5.41, 5.74) is 0. The van der Waals surface area contributed by atoms with Gasteiger partial charge in [0, 0.05) is 26.0 Å². The molecular formula is C21H39NO3. The normalized spacial score (nSPS) is 11.1. The molecule has 0 rings (SSSR count). The molecule has 0 aliphatic rings. The number of unbranched alkanes of at least 4 members (excludes halogenated alkanes) is 9. The van der Waals surface area contributed by atoms with Gasteiger partial charge < -0.3 is 10.4 Å². The van der Waals surface area contributed by atoms with Crippen LogP contribution in [0.3, 0.4) is 0 Å². The van der Waals surface area contributed by atoms with Gasteiger partial charge in [-0.2, -0.15) is 0 Å². The standard InChI is InChI=1S/C21H39NO3/c1-2-3-4-5-6-8-11-15-20(24)16-12-9-7-10-13-17-21(25)22-18-14-19-23/h11,15,23H,2-10,12-14,16-19H2,1H3,(H,22,25)/b15-11+. The highest BCUT2D eigenvalue weighted by Crippen LogP contribution is 2.09. The number of ketones is 1. The first-order valence-electron chi connectivity index (χ1n) is 10.3. The number of carbonyl (C=O) groups is 2. The lowest BCUT2D eigenvalue weighted by molar-refractivity contribution is -0.121. The van der Waals surface area contributed by atoms with Crippen molar-refractivity contribution in [1.82, 2.24) is 5.32 Å². The van der Waals surface area contributed by atoms with E-state index in [1.165, 1.54) is 32.1 Å². The number of rotatable bonds is 18. The summed E-state index contributed by atoms with van der Waals surface area (Å²) in [5, 5.41) is 11.4. The van der Waals surface area contributed by atoms with E-state index in [-0.39, 0.29) is 18.3 Å². The average Bonchev–Trinajstić information content (AvgIpc) is 2.60. The molecule has 0 aromatic carbocycles. The van der Waals surface area contributed by atoms with Crippen LogP contribution in [0.15, 0.2) is 12.2 Å². The van der Waals surface area contributed by atoms with Crippen molar-refractivity contribution in [3.8, 4) is 0 Å². The number of carbonyl (C=O) groups excluding carboxylic acids is 2. The van der Waals surface area contributed by atoms with Crippen molar-refractivity contribution in [2.45, 2.75) is 96.8 Å². The molecule has 0 atom stereocenters. The van der Waals surface area contributed by atoms with Crippen molar-refractivity contribution in [2.24, 2.45) is 0 Å². The third-order valence-electron chi connectivity index (χ3n) is 4.26. The Morgan fingerprint density at radius 1 is 0.840 bits per heavy atom. The van der Waals surface area contributed by atoms with E-state index < -0.39 is 0 Å². The molecule has 4 nitrogen and oxygen atoms in total. The lowest BCUT2D eigenvalue weighted by atomic mass is 10.1. The van der Waals surface area contributed by atoms with Crippen molar-refractivity contribution >= 4 is 11.7 Å². The number of amides is 1. The fourth-order valence-electron chi connectivity index (χ4n) is 2.67. The molecule has 25 heavy (non-hydrogen) atoms. The SMILES string of the molecule is CCCCCCC/C=C/C(=O)CCCCCCCC(=O)NCCCO. The molecular weight excluding hydrogens is 314 g/mol. The fourth-order valence-corrected chi connectivity index (χ4v) is 2.67. The van der Waals surface area contributed by atoms with Crippen LogP contribution in [0.25, 0.3) is 0 Å². The third kappa shape index (κ3) is 19.0. The number of aliphatic hydroxyl groups is 1. The quantitative estimate of drug-likeness (QED) is 0.277. The fraction of sp³-hybridized carbons (Fsp3) is 0.810. The molecule has 0 bridgehead atoms. The number of hydrogen-bond donors (Lipinski definition) is 2. The minimum absolute atomic E-state index is 0.0726. The van der Waals surface area contributed by atoms with Crippen molar-refractivity contribution in [2.75, 3.05) is 13.2 Å². The Morgan fingerprint density at radius 3 is 2.20 bits per heavy atom. The maximum atomic E-state index is 11.7. The molecule has 0 aliphatic carbocycles. The van der Waals surface area contributed by atoms with E-state index in [0.29, 0.717) is 25.8 Å². The Hall–Kier alpha value is -1.16. The van der Waals surface area contributed by atoms with E-state index in [9.17, 15) is 9.59 Å². The molecule has 0 aliphatic heterocycles. The largest absolute Gasteiger partial charge is 0.396 e. The lowest BCUT2D eigenvalue weighted by Gasteiger charge is -2.04. The molecule has 0 aromatic rings. The zero-order chi connectivity index (χ0) is 18.6. The summed E-state index contributed by atoms with van der Waals surface area (Å²) >= 11 is 0. The van der Waals surface area contributed by atoms with E-state index in [1.54, 1.807) is 6.08 Å². The smallest absolute Gasteiger partial charge is 0.219 e. The molecule has 0 fully saturated rings. The van der Waals surface area contributed by atoms with E-state index in [4.69, 9.17) is 5.11 Å². The predicted molar refractivity (Wildman–Crippen MR) is 105 cm³/mol. The first-order chi connectivity index (χ1) is 12.2. The van der Waals surface area contributed by atoms with E-state index in [0.717, 1.165) is 38.5 Å². The highest BCUT2D eigenvalue weighted by atomic mass is 16.3. The van der Waals surface area contributed by atoms with E-state index in [1.807, 2.05) is 6.08 Å². The van der Waals surface area contributed by atoms with E-state index >= 15 is 0 Å². The first-order valence-corrected chi connectivity index (χ1v) is 10.3. The Bertz CT molecular complexity index is 353. The molecule has 1 amide bonds. The molecule has 146 valence electrons. The van der Waals surface area contributed by atoms with Gasteiger partial charge >= 0.3 is 0 Å². The summed E-state index contributed by atoms with van der Waals surface area (Å²) in [6, 6.07) is 0. The first kappa shape index (κ1) is 23.8. The second-order valence-corrected chi connectivity index (χ2v) is 6.77. The van der Waals surface area contributed by atoms with Crippen LogP contribution in [0.5, 0.6) is 0 Å². The molecule has 0 saturated carbocycles. The number of aliphatic hydroxyl groups excluding tert-OH is 1. The molecule has 0 unspecified atom stereocenters. The highest BCUT2D eigenvalue weighted by Gasteiger charge is 2.01. The molecule has 4 heteroatoms. The summed E-state index contributed by atoms with van der Waals surface area (Å²) in [4.78, 5) is 23.2. The summed E-state index contributed by atoms with van der Waals surface area (Å²) in [7, 11) is 0. The highest BCUT2D eigenvalue weighted by molar-refractivity contribution is 5.89. The second-order valence-electron chi connectivity index (χ2n) is 6.77. The van der Waals surface area contributed by atoms with E-state index in [2.05, 4.69) is 12.2 Å². The molecule has 0 heterocycles. The molecule has 0 aromatic heterocycles. The number of nitrogens with one attached hydrogen (secondary N) is 1. The van der Waals surface area contributed by atoms with Gasteiger partial charge in [-0.05, 0) is 38.2 Å². The summed E-state index contributed by atoms with van der Waals surface area (Å²) in [6.45, 7) is 2.90. The summed E-state index contributed by atoms with van der Waals surface area (Å²) in [5.74, 6) is 0.320. The maximum Gasteiger partial charge on any atom is 0.219 e. The van der Waals surface area contributed by atoms with Gasteiger partial charge in [-0.25, -0.2) is 0 Å². The minimum Gasteiger partial charge on any atom is -0.396 e. The van der Waals surface area contributed by atoms with Crippen molar-refractivity contribution < 1.29 is 14.7 Å².